The molecule has 11 heteroatoms. The van der Waals surface area contributed by atoms with Gasteiger partial charge in [0.05, 0.1) is 17.6 Å². The standard InChI is InChI=1S/C19H17N5.C18H17N5O/c1-3-14-10-11-16-17(12-14)24-13-20-22-19(24)21-18(16)23(4-2)15-8-6-5-7-9-15;1-2-22(14-6-4-3-5-7-14)17-15-9-8-13(11-24)10-16(15)23-12-19-21-18(23)20-17/h3,5-13H,1,4H2,2H3;3-10,12,24H,2,11H2,1H3. The zero-order valence-corrected chi connectivity index (χ0v) is 26.7. The lowest BCUT2D eigenvalue weighted by Crippen LogP contribution is -2.18. The lowest BCUT2D eigenvalue weighted by molar-refractivity contribution is 0.282. The van der Waals surface area contributed by atoms with Crippen LogP contribution in [0, 0.1) is 0 Å². The topological polar surface area (TPSA) is 113 Å². The molecule has 4 aromatic carbocycles. The highest BCUT2D eigenvalue weighted by atomic mass is 16.3. The third kappa shape index (κ3) is 5.56. The van der Waals surface area contributed by atoms with Crippen LogP contribution in [0.1, 0.15) is 25.0 Å². The summed E-state index contributed by atoms with van der Waals surface area (Å²) in [4.78, 5) is 13.8. The fourth-order valence-corrected chi connectivity index (χ4v) is 5.92. The first-order valence-corrected chi connectivity index (χ1v) is 15.8. The molecule has 1 N–H and O–H groups in total. The van der Waals surface area contributed by atoms with Crippen molar-refractivity contribution in [2.75, 3.05) is 22.9 Å². The highest BCUT2D eigenvalue weighted by Crippen LogP contribution is 2.33. The molecule has 0 aliphatic heterocycles. The molecule has 0 fully saturated rings. The van der Waals surface area contributed by atoms with E-state index < -0.39 is 0 Å². The zero-order valence-electron chi connectivity index (χ0n) is 26.7. The maximum absolute atomic E-state index is 9.46. The number of aromatic nitrogens is 8. The molecule has 8 aromatic rings. The summed E-state index contributed by atoms with van der Waals surface area (Å²) in [6, 6.07) is 32.5. The van der Waals surface area contributed by atoms with Crippen molar-refractivity contribution in [1.29, 1.82) is 0 Å². The van der Waals surface area contributed by atoms with Crippen molar-refractivity contribution in [2.45, 2.75) is 20.5 Å². The summed E-state index contributed by atoms with van der Waals surface area (Å²) < 4.78 is 3.75. The van der Waals surface area contributed by atoms with Gasteiger partial charge in [-0.15, -0.1) is 20.4 Å². The third-order valence-corrected chi connectivity index (χ3v) is 8.25. The number of para-hydroxylation sites is 2. The van der Waals surface area contributed by atoms with E-state index in [4.69, 9.17) is 9.97 Å². The predicted octanol–water partition coefficient (Wildman–Crippen LogP) is 7.01. The Balaban J connectivity index is 0.000000152. The Morgan fingerprint density at radius 3 is 1.65 bits per heavy atom. The van der Waals surface area contributed by atoms with Crippen molar-refractivity contribution < 1.29 is 5.11 Å². The molecule has 0 aliphatic rings. The van der Waals surface area contributed by atoms with Gasteiger partial charge in [-0.3, -0.25) is 8.80 Å². The number of aliphatic hydroxyl groups excluding tert-OH is 1. The summed E-state index contributed by atoms with van der Waals surface area (Å²) in [5, 5.41) is 27.7. The Bertz CT molecular complexity index is 2350. The molecule has 0 unspecified atom stereocenters. The van der Waals surface area contributed by atoms with Gasteiger partial charge in [-0.1, -0.05) is 61.2 Å². The molecule has 0 saturated heterocycles. The van der Waals surface area contributed by atoms with E-state index in [1.165, 1.54) is 0 Å². The molecule has 0 atom stereocenters. The number of hydrogen-bond donors (Lipinski definition) is 1. The maximum Gasteiger partial charge on any atom is 0.257 e. The first-order valence-electron chi connectivity index (χ1n) is 15.8. The van der Waals surface area contributed by atoms with Crippen molar-refractivity contribution in [3.05, 3.63) is 127 Å². The van der Waals surface area contributed by atoms with Crippen LogP contribution in [0.4, 0.5) is 23.0 Å². The second-order valence-corrected chi connectivity index (χ2v) is 11.0. The molecule has 0 spiro atoms. The second kappa shape index (κ2) is 13.3. The molecule has 4 aromatic heterocycles. The van der Waals surface area contributed by atoms with Gasteiger partial charge in [-0.2, -0.15) is 9.97 Å². The van der Waals surface area contributed by atoms with Gasteiger partial charge in [0, 0.05) is 35.2 Å². The van der Waals surface area contributed by atoms with Crippen LogP contribution in [0.5, 0.6) is 0 Å². The van der Waals surface area contributed by atoms with E-state index in [2.05, 4.69) is 93.1 Å². The Hall–Kier alpha value is -6.20. The van der Waals surface area contributed by atoms with Gasteiger partial charge in [0.25, 0.3) is 11.6 Å². The van der Waals surface area contributed by atoms with Gasteiger partial charge in [-0.05, 0) is 73.5 Å². The van der Waals surface area contributed by atoms with E-state index in [1.807, 2.05) is 69.5 Å². The molecule has 0 aliphatic carbocycles. The molecule has 0 bridgehead atoms. The average molecular weight is 635 g/mol. The normalized spacial score (nSPS) is 11.1. The zero-order chi connectivity index (χ0) is 33.0. The summed E-state index contributed by atoms with van der Waals surface area (Å²) in [7, 11) is 0. The van der Waals surface area contributed by atoms with Crippen LogP contribution in [-0.4, -0.2) is 57.4 Å². The smallest absolute Gasteiger partial charge is 0.257 e. The van der Waals surface area contributed by atoms with Crippen molar-refractivity contribution in [3.63, 3.8) is 0 Å². The monoisotopic (exact) mass is 634 g/mol. The van der Waals surface area contributed by atoms with E-state index in [9.17, 15) is 5.11 Å². The van der Waals surface area contributed by atoms with E-state index in [0.717, 1.165) is 69.0 Å². The van der Waals surface area contributed by atoms with Gasteiger partial charge in [0.1, 0.15) is 24.3 Å². The van der Waals surface area contributed by atoms with Crippen LogP contribution >= 0.6 is 0 Å². The molecule has 0 radical (unpaired) electrons. The Labute approximate surface area is 277 Å². The van der Waals surface area contributed by atoms with E-state index in [0.29, 0.717) is 11.6 Å². The van der Waals surface area contributed by atoms with Crippen LogP contribution in [0.25, 0.3) is 39.4 Å². The number of aliphatic hydroxyl groups is 1. The number of nitrogens with zero attached hydrogens (tertiary/aromatic N) is 10. The van der Waals surface area contributed by atoms with Crippen LogP contribution < -0.4 is 9.80 Å². The van der Waals surface area contributed by atoms with Gasteiger partial charge in [-0.25, -0.2) is 0 Å². The van der Waals surface area contributed by atoms with Crippen LogP contribution in [-0.2, 0) is 6.61 Å². The molecular formula is C37H34N10O. The minimum absolute atomic E-state index is 0.00655. The fraction of sp³-hybridized carbons (Fsp3) is 0.135. The van der Waals surface area contributed by atoms with Gasteiger partial charge >= 0.3 is 0 Å². The first kappa shape index (κ1) is 30.5. The molecule has 11 nitrogen and oxygen atoms in total. The van der Waals surface area contributed by atoms with Gasteiger partial charge < -0.3 is 14.9 Å². The minimum Gasteiger partial charge on any atom is -0.392 e. The predicted molar refractivity (Wildman–Crippen MR) is 191 cm³/mol. The summed E-state index contributed by atoms with van der Waals surface area (Å²) in [5.41, 5.74) is 6.02. The van der Waals surface area contributed by atoms with E-state index >= 15 is 0 Å². The molecule has 0 amide bonds. The van der Waals surface area contributed by atoms with Gasteiger partial charge in [0.2, 0.25) is 0 Å². The Morgan fingerprint density at radius 1 is 0.667 bits per heavy atom. The molecule has 238 valence electrons. The third-order valence-electron chi connectivity index (χ3n) is 8.25. The Morgan fingerprint density at radius 2 is 1.17 bits per heavy atom. The van der Waals surface area contributed by atoms with Crippen molar-refractivity contribution >= 4 is 62.4 Å². The van der Waals surface area contributed by atoms with Crippen LogP contribution in [0.15, 0.2) is 116 Å². The van der Waals surface area contributed by atoms with Crippen molar-refractivity contribution in [2.24, 2.45) is 0 Å². The Kier molecular flexibility index (Phi) is 8.42. The summed E-state index contributed by atoms with van der Waals surface area (Å²) in [6.07, 6.45) is 5.18. The fourth-order valence-electron chi connectivity index (χ4n) is 5.92. The highest BCUT2D eigenvalue weighted by molar-refractivity contribution is 5.95. The van der Waals surface area contributed by atoms with Crippen LogP contribution in [0.3, 0.4) is 0 Å². The lowest BCUT2D eigenvalue weighted by Gasteiger charge is -2.23. The van der Waals surface area contributed by atoms with Crippen molar-refractivity contribution in [3.8, 4) is 0 Å². The average Bonchev–Trinajstić information content (AvgIpc) is 3.83. The first-order chi connectivity index (χ1) is 23.6. The number of fused-ring (bicyclic) bond motifs is 6. The van der Waals surface area contributed by atoms with E-state index in [1.54, 1.807) is 12.7 Å². The van der Waals surface area contributed by atoms with Gasteiger partial charge in [0.15, 0.2) is 0 Å². The minimum atomic E-state index is -0.00655. The highest BCUT2D eigenvalue weighted by Gasteiger charge is 2.18. The molecule has 48 heavy (non-hydrogen) atoms. The number of hydrogen-bond acceptors (Lipinski definition) is 9. The molecule has 4 heterocycles. The summed E-state index contributed by atoms with van der Waals surface area (Å²) in [6.45, 7) is 9.65. The summed E-state index contributed by atoms with van der Waals surface area (Å²) >= 11 is 0. The molecular weight excluding hydrogens is 600 g/mol. The largest absolute Gasteiger partial charge is 0.392 e. The molecule has 0 saturated carbocycles. The lowest BCUT2D eigenvalue weighted by atomic mass is 10.1. The second-order valence-electron chi connectivity index (χ2n) is 11.0. The maximum atomic E-state index is 9.46. The van der Waals surface area contributed by atoms with E-state index in [-0.39, 0.29) is 6.61 Å². The van der Waals surface area contributed by atoms with Crippen molar-refractivity contribution in [1.82, 2.24) is 39.2 Å². The summed E-state index contributed by atoms with van der Waals surface area (Å²) in [5.74, 6) is 2.86. The molecule has 8 rings (SSSR count). The quantitative estimate of drug-likeness (QED) is 0.189. The number of benzene rings is 4. The SMILES string of the molecule is C=Cc1ccc2c(N(CC)c3ccccc3)nc3nncn3c2c1.CCN(c1ccccc1)c1nc2nncn2c2cc(CO)ccc12. The number of anilines is 4. The van der Waals surface area contributed by atoms with Crippen LogP contribution in [0.2, 0.25) is 0 Å². The number of rotatable bonds is 8.